The molecule has 0 heterocycles. The lowest BCUT2D eigenvalue weighted by molar-refractivity contribution is -0.138. The summed E-state index contributed by atoms with van der Waals surface area (Å²) in [5.74, 6) is -15.5. The minimum Gasteiger partial charge on any atom is -0.457 e. The van der Waals surface area contributed by atoms with Crippen LogP contribution < -0.4 is 0 Å². The molecule has 2 aromatic carbocycles. The number of benzene rings is 2. The third-order valence-electron chi connectivity index (χ3n) is 3.17. The molecule has 0 aromatic heterocycles. The average molecular weight is 388 g/mol. The van der Waals surface area contributed by atoms with E-state index in [0.29, 0.717) is 18.2 Å². The fraction of sp³-hybridized carbons (Fsp3) is 0.133. The zero-order chi connectivity index (χ0) is 19.8. The Labute approximate surface area is 138 Å². The Balaban J connectivity index is 2.38. The molecule has 0 N–H and O–H groups in total. The fourth-order valence-corrected chi connectivity index (χ4v) is 1.95. The van der Waals surface area contributed by atoms with Crippen LogP contribution in [0.3, 0.4) is 0 Å². The zero-order valence-corrected chi connectivity index (χ0v) is 12.2. The van der Waals surface area contributed by atoms with E-state index in [1.807, 2.05) is 0 Å². The standard InChI is InChI=1S/C15H5F9O2/c16-7-3-1-2-6(15(22,23)24)8(7)14(25)26-4-5-9(17)11(19)13(21)12(20)10(5)18/h1-3H,4H2. The van der Waals surface area contributed by atoms with Gasteiger partial charge in [0.2, 0.25) is 5.82 Å². The van der Waals surface area contributed by atoms with E-state index in [4.69, 9.17) is 0 Å². The van der Waals surface area contributed by atoms with Gasteiger partial charge in [-0.2, -0.15) is 13.2 Å². The van der Waals surface area contributed by atoms with Crippen molar-refractivity contribution >= 4 is 5.97 Å². The Morgan fingerprint density at radius 3 is 1.85 bits per heavy atom. The molecule has 0 amide bonds. The van der Waals surface area contributed by atoms with Gasteiger partial charge in [0.15, 0.2) is 23.3 Å². The van der Waals surface area contributed by atoms with Gasteiger partial charge in [-0.15, -0.1) is 0 Å². The number of hydrogen-bond donors (Lipinski definition) is 0. The molecule has 0 atom stereocenters. The third-order valence-corrected chi connectivity index (χ3v) is 3.17. The molecule has 0 saturated heterocycles. The van der Waals surface area contributed by atoms with Gasteiger partial charge < -0.3 is 4.74 Å². The Morgan fingerprint density at radius 1 is 0.846 bits per heavy atom. The number of rotatable bonds is 3. The van der Waals surface area contributed by atoms with E-state index in [2.05, 4.69) is 4.74 Å². The van der Waals surface area contributed by atoms with Gasteiger partial charge in [0.25, 0.3) is 0 Å². The third kappa shape index (κ3) is 3.46. The molecule has 0 unspecified atom stereocenters. The first-order valence-electron chi connectivity index (χ1n) is 6.50. The van der Waals surface area contributed by atoms with Crippen molar-refractivity contribution in [1.82, 2.24) is 0 Å². The molecule has 2 nitrogen and oxygen atoms in total. The number of alkyl halides is 3. The number of carbonyl (C=O) groups excluding carboxylic acids is 1. The van der Waals surface area contributed by atoms with Crippen LogP contribution in [-0.4, -0.2) is 5.97 Å². The van der Waals surface area contributed by atoms with Crippen LogP contribution in [0.1, 0.15) is 21.5 Å². The SMILES string of the molecule is O=C(OCc1c(F)c(F)c(F)c(F)c1F)c1c(F)cccc1C(F)(F)F. The summed E-state index contributed by atoms with van der Waals surface area (Å²) in [5.41, 5.74) is -4.93. The molecule has 0 saturated carbocycles. The van der Waals surface area contributed by atoms with Crippen molar-refractivity contribution in [2.24, 2.45) is 0 Å². The van der Waals surface area contributed by atoms with E-state index in [-0.39, 0.29) is 0 Å². The molecule has 0 aliphatic rings. The minimum absolute atomic E-state index is 0.345. The number of ether oxygens (including phenoxy) is 1. The molecule has 0 aliphatic carbocycles. The molecule has 2 aromatic rings. The topological polar surface area (TPSA) is 26.3 Å². The normalized spacial score (nSPS) is 11.6. The predicted molar refractivity (Wildman–Crippen MR) is 66.8 cm³/mol. The molecule has 2 rings (SSSR count). The van der Waals surface area contributed by atoms with Gasteiger partial charge in [0, 0.05) is 0 Å². The summed E-state index contributed by atoms with van der Waals surface area (Å²) in [6, 6.07) is 1.49. The lowest BCUT2D eigenvalue weighted by Crippen LogP contribution is -2.18. The highest BCUT2D eigenvalue weighted by molar-refractivity contribution is 5.91. The Kier molecular flexibility index (Phi) is 5.19. The van der Waals surface area contributed by atoms with Crippen molar-refractivity contribution in [1.29, 1.82) is 0 Å². The summed E-state index contributed by atoms with van der Waals surface area (Å²) < 4.78 is 122. The van der Waals surface area contributed by atoms with E-state index in [0.717, 1.165) is 0 Å². The van der Waals surface area contributed by atoms with Crippen molar-refractivity contribution in [3.8, 4) is 0 Å². The highest BCUT2D eigenvalue weighted by Gasteiger charge is 2.37. The van der Waals surface area contributed by atoms with E-state index in [9.17, 15) is 44.3 Å². The number of carbonyl (C=O) groups is 1. The molecule has 0 bridgehead atoms. The summed E-state index contributed by atoms with van der Waals surface area (Å²) in [7, 11) is 0. The molecule has 140 valence electrons. The second kappa shape index (κ2) is 6.89. The average Bonchev–Trinajstić information content (AvgIpc) is 2.57. The summed E-state index contributed by atoms with van der Waals surface area (Å²) in [5, 5.41) is 0. The van der Waals surface area contributed by atoms with Gasteiger partial charge in [0.05, 0.1) is 11.1 Å². The van der Waals surface area contributed by atoms with Crippen LogP contribution in [0.2, 0.25) is 0 Å². The largest absolute Gasteiger partial charge is 0.457 e. The van der Waals surface area contributed by atoms with Gasteiger partial charge in [-0.3, -0.25) is 0 Å². The first-order chi connectivity index (χ1) is 12.0. The second-order valence-corrected chi connectivity index (χ2v) is 4.78. The molecular weight excluding hydrogens is 383 g/mol. The van der Waals surface area contributed by atoms with Crippen molar-refractivity contribution in [2.75, 3.05) is 0 Å². The van der Waals surface area contributed by atoms with E-state index in [1.54, 1.807) is 0 Å². The summed E-state index contributed by atoms with van der Waals surface area (Å²) in [6.45, 7) is -1.61. The van der Waals surface area contributed by atoms with Crippen LogP contribution in [-0.2, 0) is 17.5 Å². The van der Waals surface area contributed by atoms with Gasteiger partial charge in [-0.25, -0.2) is 31.1 Å². The smallest absolute Gasteiger partial charge is 0.417 e. The molecule has 0 fully saturated rings. The summed E-state index contributed by atoms with van der Waals surface area (Å²) in [4.78, 5) is 11.7. The molecule has 11 heteroatoms. The first kappa shape index (κ1) is 19.6. The van der Waals surface area contributed by atoms with Crippen molar-refractivity contribution < 1.29 is 49.0 Å². The number of hydrogen-bond acceptors (Lipinski definition) is 2. The highest BCUT2D eigenvalue weighted by Crippen LogP contribution is 2.33. The monoisotopic (exact) mass is 388 g/mol. The molecular formula is C15H5F9O2. The van der Waals surface area contributed by atoms with Crippen LogP contribution in [0, 0.1) is 34.9 Å². The maximum atomic E-state index is 13.6. The van der Waals surface area contributed by atoms with E-state index < -0.39 is 70.3 Å². The summed E-state index contributed by atoms with van der Waals surface area (Å²) in [6.07, 6.45) is -5.17. The van der Waals surface area contributed by atoms with Gasteiger partial charge in [-0.1, -0.05) is 6.07 Å². The van der Waals surface area contributed by atoms with Crippen molar-refractivity contribution in [3.05, 3.63) is 69.8 Å². The van der Waals surface area contributed by atoms with Gasteiger partial charge in [-0.05, 0) is 12.1 Å². The van der Waals surface area contributed by atoms with Crippen LogP contribution in [0.25, 0.3) is 0 Å². The zero-order valence-electron chi connectivity index (χ0n) is 12.2. The van der Waals surface area contributed by atoms with E-state index in [1.165, 1.54) is 0 Å². The second-order valence-electron chi connectivity index (χ2n) is 4.78. The lowest BCUT2D eigenvalue weighted by atomic mass is 10.1. The molecule has 0 aliphatic heterocycles. The van der Waals surface area contributed by atoms with Gasteiger partial charge in [0.1, 0.15) is 18.0 Å². The predicted octanol–water partition coefficient (Wildman–Crippen LogP) is 4.90. The quantitative estimate of drug-likeness (QED) is 0.324. The molecule has 0 radical (unpaired) electrons. The number of esters is 1. The Hall–Kier alpha value is -2.72. The van der Waals surface area contributed by atoms with E-state index >= 15 is 0 Å². The van der Waals surface area contributed by atoms with Gasteiger partial charge >= 0.3 is 12.1 Å². The lowest BCUT2D eigenvalue weighted by Gasteiger charge is -2.13. The Bertz CT molecular complexity index is 845. The van der Waals surface area contributed by atoms with Crippen LogP contribution in [0.15, 0.2) is 18.2 Å². The van der Waals surface area contributed by atoms with Crippen LogP contribution in [0.5, 0.6) is 0 Å². The molecule has 0 spiro atoms. The summed E-state index contributed by atoms with van der Waals surface area (Å²) >= 11 is 0. The van der Waals surface area contributed by atoms with Crippen LogP contribution >= 0.6 is 0 Å². The Morgan fingerprint density at radius 2 is 1.35 bits per heavy atom. The maximum Gasteiger partial charge on any atom is 0.417 e. The van der Waals surface area contributed by atoms with Crippen molar-refractivity contribution in [2.45, 2.75) is 12.8 Å². The number of halogens is 9. The van der Waals surface area contributed by atoms with Crippen molar-refractivity contribution in [3.63, 3.8) is 0 Å². The maximum absolute atomic E-state index is 13.6. The fourth-order valence-electron chi connectivity index (χ4n) is 1.95. The van der Waals surface area contributed by atoms with Crippen LogP contribution in [0.4, 0.5) is 39.5 Å². The highest BCUT2D eigenvalue weighted by atomic mass is 19.4. The minimum atomic E-state index is -5.17. The molecule has 26 heavy (non-hydrogen) atoms. The first-order valence-corrected chi connectivity index (χ1v) is 6.50.